The molecule has 0 unspecified atom stereocenters. The molecule has 1 N–H and O–H groups in total. The van der Waals surface area contributed by atoms with Gasteiger partial charge < -0.3 is 24.3 Å². The molecule has 0 radical (unpaired) electrons. The van der Waals surface area contributed by atoms with E-state index in [0.29, 0.717) is 50.8 Å². The minimum absolute atomic E-state index is 0.0556. The average Bonchev–Trinajstić information content (AvgIpc) is 3.36. The molecule has 0 bridgehead atoms. The molecule has 0 saturated carbocycles. The Kier molecular flexibility index (Phi) is 7.76. The molecule has 2 aromatic carbocycles. The summed E-state index contributed by atoms with van der Waals surface area (Å²) < 4.78 is 22.8. The molecule has 0 saturated heterocycles. The van der Waals surface area contributed by atoms with Crippen molar-refractivity contribution in [3.63, 3.8) is 0 Å². The van der Waals surface area contributed by atoms with Gasteiger partial charge in [0.2, 0.25) is 5.91 Å². The number of carbonyl (C=O) groups is 1. The molecule has 35 heavy (non-hydrogen) atoms. The maximum absolute atomic E-state index is 13.4. The SMILES string of the molecule is COc1ccc(NC(=O)CSc2nc3c(c(=O)n2-c2ccc(OC)c(OC)c2)SCC3)cc1OC. The van der Waals surface area contributed by atoms with Crippen LogP contribution in [0.4, 0.5) is 5.69 Å². The van der Waals surface area contributed by atoms with Crippen LogP contribution >= 0.6 is 23.5 Å². The summed E-state index contributed by atoms with van der Waals surface area (Å²) in [6.07, 6.45) is 0.716. The van der Waals surface area contributed by atoms with Crippen LogP contribution in [-0.2, 0) is 11.2 Å². The van der Waals surface area contributed by atoms with Gasteiger partial charge in [-0.05, 0) is 24.3 Å². The lowest BCUT2D eigenvalue weighted by molar-refractivity contribution is -0.113. The van der Waals surface area contributed by atoms with Gasteiger partial charge in [-0.25, -0.2) is 4.98 Å². The van der Waals surface area contributed by atoms with Crippen molar-refractivity contribution < 1.29 is 23.7 Å². The number of nitrogens with zero attached hydrogens (tertiary/aromatic N) is 2. The Morgan fingerprint density at radius 3 is 2.34 bits per heavy atom. The van der Waals surface area contributed by atoms with Gasteiger partial charge in [-0.3, -0.25) is 14.2 Å². The van der Waals surface area contributed by atoms with Gasteiger partial charge in [-0.1, -0.05) is 11.8 Å². The Balaban J connectivity index is 1.61. The van der Waals surface area contributed by atoms with Gasteiger partial charge in [0.15, 0.2) is 28.2 Å². The maximum atomic E-state index is 13.4. The number of carbonyl (C=O) groups excluding carboxylic acids is 1. The molecule has 1 aliphatic rings. The summed E-state index contributed by atoms with van der Waals surface area (Å²) in [7, 11) is 6.17. The number of aromatic nitrogens is 2. The highest BCUT2D eigenvalue weighted by Gasteiger charge is 2.23. The van der Waals surface area contributed by atoms with Crippen LogP contribution in [-0.4, -0.2) is 55.4 Å². The number of amides is 1. The van der Waals surface area contributed by atoms with E-state index in [1.54, 1.807) is 50.6 Å². The zero-order chi connectivity index (χ0) is 24.9. The predicted octanol–water partition coefficient (Wildman–Crippen LogP) is 3.65. The number of fused-ring (bicyclic) bond motifs is 1. The standard InChI is InChI=1S/C24H25N3O6S2/c1-30-17-7-5-14(11-19(17)32-3)25-21(28)13-35-24-26-16-9-10-34-22(16)23(29)27(24)15-6-8-18(31-2)20(12-15)33-4/h5-8,11-12H,9-10,13H2,1-4H3,(H,25,28). The van der Waals surface area contributed by atoms with Crippen LogP contribution in [0.1, 0.15) is 5.69 Å². The molecule has 11 heteroatoms. The van der Waals surface area contributed by atoms with E-state index in [2.05, 4.69) is 5.32 Å². The monoisotopic (exact) mass is 515 g/mol. The van der Waals surface area contributed by atoms with E-state index in [1.165, 1.54) is 42.3 Å². The van der Waals surface area contributed by atoms with E-state index in [4.69, 9.17) is 23.9 Å². The van der Waals surface area contributed by atoms with E-state index < -0.39 is 0 Å². The highest BCUT2D eigenvalue weighted by atomic mass is 32.2. The first-order valence-electron chi connectivity index (χ1n) is 10.6. The predicted molar refractivity (Wildman–Crippen MR) is 136 cm³/mol. The lowest BCUT2D eigenvalue weighted by atomic mass is 10.2. The second-order valence-electron chi connectivity index (χ2n) is 7.36. The average molecular weight is 516 g/mol. The third kappa shape index (κ3) is 5.20. The number of hydrogen-bond acceptors (Lipinski definition) is 9. The van der Waals surface area contributed by atoms with Gasteiger partial charge >= 0.3 is 0 Å². The van der Waals surface area contributed by atoms with Gasteiger partial charge in [0.05, 0.1) is 50.5 Å². The summed E-state index contributed by atoms with van der Waals surface area (Å²) in [4.78, 5) is 31.5. The molecule has 2 heterocycles. The summed E-state index contributed by atoms with van der Waals surface area (Å²) in [5.74, 6) is 2.74. The van der Waals surface area contributed by atoms with Crippen LogP contribution in [0.25, 0.3) is 5.69 Å². The molecule has 0 atom stereocenters. The second-order valence-corrected chi connectivity index (χ2v) is 9.40. The van der Waals surface area contributed by atoms with Crippen LogP contribution in [0.3, 0.4) is 0 Å². The van der Waals surface area contributed by atoms with Crippen LogP contribution < -0.4 is 29.8 Å². The second kappa shape index (κ2) is 11.0. The first-order chi connectivity index (χ1) is 17.0. The van der Waals surface area contributed by atoms with E-state index >= 15 is 0 Å². The van der Waals surface area contributed by atoms with Crippen molar-refractivity contribution in [1.29, 1.82) is 0 Å². The van der Waals surface area contributed by atoms with Crippen LogP contribution in [0.2, 0.25) is 0 Å². The summed E-state index contributed by atoms with van der Waals surface area (Å²) >= 11 is 2.69. The van der Waals surface area contributed by atoms with Crippen molar-refractivity contribution in [3.8, 4) is 28.7 Å². The largest absolute Gasteiger partial charge is 0.493 e. The van der Waals surface area contributed by atoms with E-state index in [1.807, 2.05) is 0 Å². The van der Waals surface area contributed by atoms with Gasteiger partial charge in [-0.15, -0.1) is 11.8 Å². The van der Waals surface area contributed by atoms with Crippen molar-refractivity contribution >= 4 is 35.1 Å². The Hall–Kier alpha value is -3.31. The van der Waals surface area contributed by atoms with E-state index in [9.17, 15) is 9.59 Å². The minimum atomic E-state index is -0.245. The maximum Gasteiger partial charge on any atom is 0.272 e. The third-order valence-corrected chi connectivity index (χ3v) is 7.34. The minimum Gasteiger partial charge on any atom is -0.493 e. The summed E-state index contributed by atoms with van der Waals surface area (Å²) in [6.45, 7) is 0. The zero-order valence-corrected chi connectivity index (χ0v) is 21.4. The van der Waals surface area contributed by atoms with E-state index in [-0.39, 0.29) is 17.2 Å². The molecule has 3 aromatic rings. The highest BCUT2D eigenvalue weighted by molar-refractivity contribution is 8.00. The molecule has 1 aromatic heterocycles. The van der Waals surface area contributed by atoms with Crippen molar-refractivity contribution in [2.24, 2.45) is 0 Å². The van der Waals surface area contributed by atoms with Crippen LogP contribution in [0.5, 0.6) is 23.0 Å². The fourth-order valence-electron chi connectivity index (χ4n) is 3.62. The van der Waals surface area contributed by atoms with E-state index in [0.717, 1.165) is 11.4 Å². The fraction of sp³-hybridized carbons (Fsp3) is 0.292. The number of benzene rings is 2. The van der Waals surface area contributed by atoms with Gasteiger partial charge in [0.1, 0.15) is 0 Å². The Morgan fingerprint density at radius 2 is 1.66 bits per heavy atom. The number of methoxy groups -OCH3 is 4. The third-order valence-electron chi connectivity index (χ3n) is 5.29. The molecule has 184 valence electrons. The normalized spacial score (nSPS) is 12.1. The number of ether oxygens (including phenoxy) is 4. The molecule has 1 amide bonds. The molecule has 0 aliphatic carbocycles. The highest BCUT2D eigenvalue weighted by Crippen LogP contribution is 2.33. The molecular weight excluding hydrogens is 490 g/mol. The van der Waals surface area contributed by atoms with Crippen molar-refractivity contribution in [2.75, 3.05) is 45.3 Å². The zero-order valence-electron chi connectivity index (χ0n) is 19.7. The summed E-state index contributed by atoms with van der Waals surface area (Å²) in [5.41, 5.74) is 1.76. The summed E-state index contributed by atoms with van der Waals surface area (Å²) in [6, 6.07) is 10.4. The number of rotatable bonds is 9. The van der Waals surface area contributed by atoms with Crippen molar-refractivity contribution in [2.45, 2.75) is 16.5 Å². The lowest BCUT2D eigenvalue weighted by Gasteiger charge is -2.16. The smallest absolute Gasteiger partial charge is 0.272 e. The number of aryl methyl sites for hydroxylation is 1. The van der Waals surface area contributed by atoms with Gasteiger partial charge in [-0.2, -0.15) is 0 Å². The number of nitrogens with one attached hydrogen (secondary N) is 1. The Bertz CT molecular complexity index is 1310. The van der Waals surface area contributed by atoms with Crippen LogP contribution in [0.15, 0.2) is 51.2 Å². The Morgan fingerprint density at radius 1 is 1.00 bits per heavy atom. The Labute approximate surface area is 211 Å². The first-order valence-corrected chi connectivity index (χ1v) is 12.6. The summed E-state index contributed by atoms with van der Waals surface area (Å²) in [5, 5.41) is 3.28. The fourth-order valence-corrected chi connectivity index (χ4v) is 5.48. The number of hydrogen-bond donors (Lipinski definition) is 1. The molecule has 0 spiro atoms. The van der Waals surface area contributed by atoms with Gasteiger partial charge in [0, 0.05) is 30.0 Å². The molecule has 4 rings (SSSR count). The number of anilines is 1. The van der Waals surface area contributed by atoms with Crippen molar-refractivity contribution in [1.82, 2.24) is 9.55 Å². The molecule has 0 fully saturated rings. The molecule has 9 nitrogen and oxygen atoms in total. The van der Waals surface area contributed by atoms with Gasteiger partial charge in [0.25, 0.3) is 5.56 Å². The molecular formula is C24H25N3O6S2. The molecule has 1 aliphatic heterocycles. The van der Waals surface area contributed by atoms with Crippen molar-refractivity contribution in [3.05, 3.63) is 52.4 Å². The van der Waals surface area contributed by atoms with Crippen LogP contribution in [0, 0.1) is 0 Å². The topological polar surface area (TPSA) is 101 Å². The first kappa shape index (κ1) is 24.8. The quantitative estimate of drug-likeness (QED) is 0.338. The lowest BCUT2D eigenvalue weighted by Crippen LogP contribution is -2.24. The number of thioether (sulfide) groups is 2.